The SMILES string of the molecule is O=C(NO)c1ccc(-c2nc(CCCNc3ncnc4nc[nH]c34)nc3ccccc23)cc1. The van der Waals surface area contributed by atoms with Gasteiger partial charge in [0.2, 0.25) is 0 Å². The predicted octanol–water partition coefficient (Wildman–Crippen LogP) is 3.13. The number of fused-ring (bicyclic) bond motifs is 2. The van der Waals surface area contributed by atoms with E-state index in [1.165, 1.54) is 6.33 Å². The number of anilines is 1. The first-order chi connectivity index (χ1) is 16.2. The van der Waals surface area contributed by atoms with E-state index in [1.807, 2.05) is 36.4 Å². The number of aromatic nitrogens is 6. The number of para-hydroxylation sites is 1. The molecule has 0 radical (unpaired) electrons. The first-order valence-electron chi connectivity index (χ1n) is 10.4. The molecule has 33 heavy (non-hydrogen) atoms. The maximum Gasteiger partial charge on any atom is 0.274 e. The van der Waals surface area contributed by atoms with E-state index < -0.39 is 5.91 Å². The van der Waals surface area contributed by atoms with Gasteiger partial charge in [-0.3, -0.25) is 10.0 Å². The number of aryl methyl sites for hydroxylation is 1. The van der Waals surface area contributed by atoms with Crippen molar-refractivity contribution in [2.24, 2.45) is 0 Å². The van der Waals surface area contributed by atoms with Gasteiger partial charge in [0.05, 0.1) is 17.5 Å². The minimum Gasteiger partial charge on any atom is -0.368 e. The van der Waals surface area contributed by atoms with Gasteiger partial charge in [0.15, 0.2) is 11.5 Å². The lowest BCUT2D eigenvalue weighted by atomic mass is 10.0. The van der Waals surface area contributed by atoms with Crippen molar-refractivity contribution in [3.05, 3.63) is 72.6 Å². The fourth-order valence-corrected chi connectivity index (χ4v) is 3.65. The Kier molecular flexibility index (Phi) is 5.56. The topological polar surface area (TPSA) is 142 Å². The van der Waals surface area contributed by atoms with Gasteiger partial charge in [-0.15, -0.1) is 0 Å². The molecule has 5 aromatic rings. The molecule has 0 fully saturated rings. The average molecular weight is 440 g/mol. The van der Waals surface area contributed by atoms with Crippen molar-refractivity contribution in [3.8, 4) is 11.3 Å². The lowest BCUT2D eigenvalue weighted by Crippen LogP contribution is -2.18. The Morgan fingerprint density at radius 3 is 2.70 bits per heavy atom. The van der Waals surface area contributed by atoms with Crippen LogP contribution in [0.25, 0.3) is 33.3 Å². The van der Waals surface area contributed by atoms with Crippen LogP contribution < -0.4 is 10.8 Å². The van der Waals surface area contributed by atoms with Gasteiger partial charge in [-0.05, 0) is 24.6 Å². The summed E-state index contributed by atoms with van der Waals surface area (Å²) in [6, 6.07) is 14.8. The molecule has 5 rings (SSSR count). The van der Waals surface area contributed by atoms with Crippen LogP contribution in [-0.4, -0.2) is 47.6 Å². The summed E-state index contributed by atoms with van der Waals surface area (Å²) < 4.78 is 0. The highest BCUT2D eigenvalue weighted by atomic mass is 16.5. The number of nitrogens with zero attached hydrogens (tertiary/aromatic N) is 5. The van der Waals surface area contributed by atoms with E-state index in [9.17, 15) is 4.79 Å². The number of hydrogen-bond donors (Lipinski definition) is 4. The summed E-state index contributed by atoms with van der Waals surface area (Å²) in [6.45, 7) is 0.682. The highest BCUT2D eigenvalue weighted by Gasteiger charge is 2.12. The minimum absolute atomic E-state index is 0.363. The molecule has 0 aliphatic heterocycles. The molecule has 10 nitrogen and oxygen atoms in total. The maximum absolute atomic E-state index is 11.6. The normalized spacial score (nSPS) is 11.1. The third kappa shape index (κ3) is 4.19. The third-order valence-corrected chi connectivity index (χ3v) is 5.26. The van der Waals surface area contributed by atoms with Crippen molar-refractivity contribution < 1.29 is 10.0 Å². The Labute approximate surface area is 188 Å². The fraction of sp³-hybridized carbons (Fsp3) is 0.130. The molecule has 3 heterocycles. The highest BCUT2D eigenvalue weighted by molar-refractivity contribution is 5.95. The summed E-state index contributed by atoms with van der Waals surface area (Å²) in [4.78, 5) is 36.8. The molecule has 0 unspecified atom stereocenters. The molecule has 0 atom stereocenters. The first kappa shape index (κ1) is 20.5. The second-order valence-electron chi connectivity index (χ2n) is 7.38. The third-order valence-electron chi connectivity index (χ3n) is 5.26. The number of benzene rings is 2. The standard InChI is InChI=1S/C23H20N8O2/c32-23(31-33)15-9-7-14(8-10-15)19-16-4-1-2-5-17(16)29-18(30-19)6-3-11-24-21-20-22(26-12-25-20)28-13-27-21/h1-2,4-5,7-10,12-13,33H,3,6,11H2,(H,31,32)(H2,24,25,26,27,28). The van der Waals surface area contributed by atoms with Crippen LogP contribution in [0.5, 0.6) is 0 Å². The number of imidazole rings is 1. The van der Waals surface area contributed by atoms with Crippen molar-refractivity contribution in [2.75, 3.05) is 11.9 Å². The number of carbonyl (C=O) groups excluding carboxylic acids is 1. The van der Waals surface area contributed by atoms with E-state index in [2.05, 4.69) is 25.3 Å². The van der Waals surface area contributed by atoms with E-state index in [1.54, 1.807) is 23.9 Å². The van der Waals surface area contributed by atoms with Gasteiger partial charge >= 0.3 is 0 Å². The van der Waals surface area contributed by atoms with E-state index in [4.69, 9.17) is 15.2 Å². The number of aromatic amines is 1. The molecule has 0 saturated carbocycles. The van der Waals surface area contributed by atoms with E-state index >= 15 is 0 Å². The second-order valence-corrected chi connectivity index (χ2v) is 7.38. The Hall–Kier alpha value is -4.44. The fourth-order valence-electron chi connectivity index (χ4n) is 3.65. The zero-order valence-corrected chi connectivity index (χ0v) is 17.5. The van der Waals surface area contributed by atoms with E-state index in [0.717, 1.165) is 39.9 Å². The molecule has 0 saturated heterocycles. The predicted molar refractivity (Wildman–Crippen MR) is 123 cm³/mol. The molecule has 0 aliphatic rings. The Bertz CT molecular complexity index is 1430. The van der Waals surface area contributed by atoms with Crippen LogP contribution in [0.2, 0.25) is 0 Å². The zero-order valence-electron chi connectivity index (χ0n) is 17.5. The largest absolute Gasteiger partial charge is 0.368 e. The summed E-state index contributed by atoms with van der Waals surface area (Å²) in [5.41, 5.74) is 5.93. The molecule has 164 valence electrons. The van der Waals surface area contributed by atoms with Gasteiger partial charge in [0.25, 0.3) is 5.91 Å². The van der Waals surface area contributed by atoms with Crippen molar-refractivity contribution >= 4 is 33.8 Å². The van der Waals surface area contributed by atoms with E-state index in [-0.39, 0.29) is 0 Å². The summed E-state index contributed by atoms with van der Waals surface area (Å²) in [5, 5.41) is 13.1. The number of carbonyl (C=O) groups is 1. The molecule has 2 aromatic carbocycles. The smallest absolute Gasteiger partial charge is 0.274 e. The van der Waals surface area contributed by atoms with Crippen LogP contribution in [-0.2, 0) is 6.42 Å². The number of H-pyrrole nitrogens is 1. The number of hydroxylamine groups is 1. The van der Waals surface area contributed by atoms with Gasteiger partial charge in [-0.1, -0.05) is 30.3 Å². The van der Waals surface area contributed by atoms with Gasteiger partial charge < -0.3 is 10.3 Å². The summed E-state index contributed by atoms with van der Waals surface area (Å²) in [7, 11) is 0. The van der Waals surface area contributed by atoms with Crippen molar-refractivity contribution in [1.82, 2.24) is 35.4 Å². The quantitative estimate of drug-likeness (QED) is 0.172. The molecule has 10 heteroatoms. The molecular formula is C23H20N8O2. The lowest BCUT2D eigenvalue weighted by Gasteiger charge is -2.10. The molecule has 0 spiro atoms. The van der Waals surface area contributed by atoms with Crippen LogP contribution in [0, 0.1) is 0 Å². The zero-order chi connectivity index (χ0) is 22.6. The molecule has 0 bridgehead atoms. The van der Waals surface area contributed by atoms with Gasteiger partial charge in [0.1, 0.15) is 17.7 Å². The lowest BCUT2D eigenvalue weighted by molar-refractivity contribution is 0.0706. The van der Waals surface area contributed by atoms with Crippen LogP contribution in [0.3, 0.4) is 0 Å². The Morgan fingerprint density at radius 2 is 1.85 bits per heavy atom. The van der Waals surface area contributed by atoms with Gasteiger partial charge in [0, 0.05) is 29.5 Å². The van der Waals surface area contributed by atoms with Crippen LogP contribution in [0.15, 0.2) is 61.2 Å². The first-order valence-corrected chi connectivity index (χ1v) is 10.4. The Balaban J connectivity index is 1.35. The molecule has 1 amide bonds. The van der Waals surface area contributed by atoms with Crippen molar-refractivity contribution in [1.29, 1.82) is 0 Å². The van der Waals surface area contributed by atoms with Crippen LogP contribution >= 0.6 is 0 Å². The molecular weight excluding hydrogens is 420 g/mol. The molecule has 0 aliphatic carbocycles. The molecule has 4 N–H and O–H groups in total. The van der Waals surface area contributed by atoms with Crippen molar-refractivity contribution in [2.45, 2.75) is 12.8 Å². The molecule has 3 aromatic heterocycles. The van der Waals surface area contributed by atoms with Crippen LogP contribution in [0.4, 0.5) is 5.82 Å². The van der Waals surface area contributed by atoms with Crippen LogP contribution in [0.1, 0.15) is 22.6 Å². The monoisotopic (exact) mass is 440 g/mol. The van der Waals surface area contributed by atoms with Gasteiger partial charge in [-0.25, -0.2) is 30.4 Å². The average Bonchev–Trinajstić information content (AvgIpc) is 3.35. The highest BCUT2D eigenvalue weighted by Crippen LogP contribution is 2.26. The Morgan fingerprint density at radius 1 is 1.00 bits per heavy atom. The van der Waals surface area contributed by atoms with Crippen molar-refractivity contribution in [3.63, 3.8) is 0 Å². The number of nitrogens with one attached hydrogen (secondary N) is 3. The summed E-state index contributed by atoms with van der Waals surface area (Å²) in [6.07, 6.45) is 4.55. The maximum atomic E-state index is 11.6. The number of rotatable bonds is 7. The second kappa shape index (κ2) is 8.97. The minimum atomic E-state index is -0.557. The number of amides is 1. The summed E-state index contributed by atoms with van der Waals surface area (Å²) in [5.74, 6) is 0.889. The van der Waals surface area contributed by atoms with Gasteiger partial charge in [-0.2, -0.15) is 0 Å². The van der Waals surface area contributed by atoms with E-state index in [0.29, 0.717) is 30.0 Å². The summed E-state index contributed by atoms with van der Waals surface area (Å²) >= 11 is 0. The number of hydrogen-bond acceptors (Lipinski definition) is 8.